The number of nitrogens with one attached hydrogen (secondary N) is 2. The number of carbonyl (C=O) groups is 1. The summed E-state index contributed by atoms with van der Waals surface area (Å²) in [5, 5.41) is 7.74. The third-order valence-corrected chi connectivity index (χ3v) is 6.05. The van der Waals surface area contributed by atoms with E-state index in [2.05, 4.69) is 16.7 Å². The van der Waals surface area contributed by atoms with Gasteiger partial charge in [0.2, 0.25) is 11.9 Å². The molecule has 1 aliphatic carbocycles. The van der Waals surface area contributed by atoms with E-state index in [0.717, 1.165) is 55.4 Å². The van der Waals surface area contributed by atoms with Gasteiger partial charge in [0.1, 0.15) is 5.82 Å². The molecular weight excluding hydrogens is 366 g/mol. The molecule has 7 nitrogen and oxygen atoms in total. The number of para-hydroxylation sites is 1. The van der Waals surface area contributed by atoms with Crippen molar-refractivity contribution in [2.24, 2.45) is 11.8 Å². The Morgan fingerprint density at radius 1 is 1.14 bits per heavy atom. The first kappa shape index (κ1) is 19.9. The first-order valence-corrected chi connectivity index (χ1v) is 10.7. The van der Waals surface area contributed by atoms with Crippen LogP contribution in [0.25, 0.3) is 10.9 Å². The number of hydrogen-bond donors (Lipinski definition) is 2. The van der Waals surface area contributed by atoms with Crippen molar-refractivity contribution in [3.8, 4) is 0 Å². The van der Waals surface area contributed by atoms with Crippen LogP contribution in [0.1, 0.15) is 32.1 Å². The molecule has 0 bridgehead atoms. The SMILES string of the molecule is CN(C)c1nc(NC2CCC(CNC(=O)C3CCOC3)CC2)nc2ccccc12. The summed E-state index contributed by atoms with van der Waals surface area (Å²) in [5.41, 5.74) is 0.959. The predicted octanol–water partition coefficient (Wildman–Crippen LogP) is 2.82. The molecule has 29 heavy (non-hydrogen) atoms. The van der Waals surface area contributed by atoms with Crippen LogP contribution < -0.4 is 15.5 Å². The van der Waals surface area contributed by atoms with Crippen LogP contribution in [0, 0.1) is 11.8 Å². The van der Waals surface area contributed by atoms with Crippen molar-refractivity contribution < 1.29 is 9.53 Å². The largest absolute Gasteiger partial charge is 0.381 e. The van der Waals surface area contributed by atoms with Crippen molar-refractivity contribution >= 4 is 28.6 Å². The lowest BCUT2D eigenvalue weighted by atomic mass is 9.86. The summed E-state index contributed by atoms with van der Waals surface area (Å²) in [5.74, 6) is 2.39. The average molecular weight is 398 g/mol. The fraction of sp³-hybridized carbons (Fsp3) is 0.591. The van der Waals surface area contributed by atoms with E-state index in [0.29, 0.717) is 31.1 Å². The lowest BCUT2D eigenvalue weighted by Gasteiger charge is -2.29. The minimum absolute atomic E-state index is 0.0453. The molecule has 1 amide bonds. The molecule has 1 aromatic carbocycles. The van der Waals surface area contributed by atoms with Crippen LogP contribution >= 0.6 is 0 Å². The zero-order valence-corrected chi connectivity index (χ0v) is 17.4. The minimum atomic E-state index is 0.0453. The summed E-state index contributed by atoms with van der Waals surface area (Å²) in [6.45, 7) is 2.06. The van der Waals surface area contributed by atoms with Crippen molar-refractivity contribution in [2.75, 3.05) is 44.1 Å². The molecule has 1 unspecified atom stereocenters. The number of amides is 1. The van der Waals surface area contributed by atoms with Crippen LogP contribution in [0.3, 0.4) is 0 Å². The number of ether oxygens (including phenoxy) is 1. The number of rotatable bonds is 6. The highest BCUT2D eigenvalue weighted by atomic mass is 16.5. The molecule has 1 saturated heterocycles. The predicted molar refractivity (Wildman–Crippen MR) is 115 cm³/mol. The van der Waals surface area contributed by atoms with Gasteiger partial charge in [-0.25, -0.2) is 4.98 Å². The zero-order valence-electron chi connectivity index (χ0n) is 17.4. The molecule has 2 N–H and O–H groups in total. The van der Waals surface area contributed by atoms with Gasteiger partial charge in [0, 0.05) is 38.7 Å². The van der Waals surface area contributed by atoms with Crippen LogP contribution in [0.2, 0.25) is 0 Å². The summed E-state index contributed by atoms with van der Waals surface area (Å²) in [7, 11) is 4.02. The van der Waals surface area contributed by atoms with E-state index < -0.39 is 0 Å². The molecule has 2 fully saturated rings. The fourth-order valence-electron chi connectivity index (χ4n) is 4.29. The first-order chi connectivity index (χ1) is 14.1. The minimum Gasteiger partial charge on any atom is -0.381 e. The van der Waals surface area contributed by atoms with E-state index in [-0.39, 0.29) is 11.8 Å². The molecular formula is C22H31N5O2. The quantitative estimate of drug-likeness (QED) is 0.780. The molecule has 2 aromatic rings. The van der Waals surface area contributed by atoms with Gasteiger partial charge in [-0.1, -0.05) is 12.1 Å². The van der Waals surface area contributed by atoms with E-state index >= 15 is 0 Å². The Balaban J connectivity index is 1.31. The normalized spacial score (nSPS) is 24.4. The van der Waals surface area contributed by atoms with E-state index in [4.69, 9.17) is 14.7 Å². The van der Waals surface area contributed by atoms with E-state index in [1.165, 1.54) is 0 Å². The third-order valence-electron chi connectivity index (χ3n) is 6.05. The molecule has 4 rings (SSSR count). The van der Waals surface area contributed by atoms with Crippen molar-refractivity contribution in [1.29, 1.82) is 0 Å². The maximum Gasteiger partial charge on any atom is 0.225 e. The smallest absolute Gasteiger partial charge is 0.225 e. The second-order valence-corrected chi connectivity index (χ2v) is 8.45. The molecule has 156 valence electrons. The Morgan fingerprint density at radius 2 is 1.93 bits per heavy atom. The first-order valence-electron chi connectivity index (χ1n) is 10.7. The Hall–Kier alpha value is -2.41. The Morgan fingerprint density at radius 3 is 2.66 bits per heavy atom. The second kappa shape index (κ2) is 8.95. The zero-order chi connectivity index (χ0) is 20.2. The second-order valence-electron chi connectivity index (χ2n) is 8.45. The molecule has 0 spiro atoms. The topological polar surface area (TPSA) is 79.4 Å². The summed E-state index contributed by atoms with van der Waals surface area (Å²) in [6.07, 6.45) is 5.20. The van der Waals surface area contributed by atoms with Gasteiger partial charge >= 0.3 is 0 Å². The van der Waals surface area contributed by atoms with Crippen LogP contribution in [-0.2, 0) is 9.53 Å². The van der Waals surface area contributed by atoms with Gasteiger partial charge in [0.05, 0.1) is 18.0 Å². The standard InChI is InChI=1S/C22H31N5O2/c1-27(2)20-18-5-3-4-6-19(18)25-22(26-20)24-17-9-7-15(8-10-17)13-23-21(28)16-11-12-29-14-16/h3-6,15-17H,7-14H2,1-2H3,(H,23,28)(H,24,25,26). The lowest BCUT2D eigenvalue weighted by molar-refractivity contribution is -0.125. The van der Waals surface area contributed by atoms with E-state index in [1.807, 2.05) is 37.2 Å². The van der Waals surface area contributed by atoms with Crippen LogP contribution in [0.5, 0.6) is 0 Å². The number of aromatic nitrogens is 2. The van der Waals surface area contributed by atoms with Crippen molar-refractivity contribution in [3.63, 3.8) is 0 Å². The maximum atomic E-state index is 12.2. The van der Waals surface area contributed by atoms with Crippen molar-refractivity contribution in [1.82, 2.24) is 15.3 Å². The number of benzene rings is 1. The van der Waals surface area contributed by atoms with Gasteiger partial charge in [-0.15, -0.1) is 0 Å². The third kappa shape index (κ3) is 4.78. The summed E-state index contributed by atoms with van der Waals surface area (Å²) in [4.78, 5) is 23.7. The van der Waals surface area contributed by atoms with Gasteiger partial charge in [-0.3, -0.25) is 4.79 Å². The highest BCUT2D eigenvalue weighted by Crippen LogP contribution is 2.28. The van der Waals surface area contributed by atoms with E-state index in [9.17, 15) is 4.79 Å². The molecule has 1 aromatic heterocycles. The van der Waals surface area contributed by atoms with Gasteiger partial charge in [0.25, 0.3) is 0 Å². The highest BCUT2D eigenvalue weighted by Gasteiger charge is 2.26. The molecule has 2 heterocycles. The molecule has 1 aliphatic heterocycles. The summed E-state index contributed by atoms with van der Waals surface area (Å²) in [6, 6.07) is 8.50. The van der Waals surface area contributed by atoms with Crippen molar-refractivity contribution in [2.45, 2.75) is 38.1 Å². The number of fused-ring (bicyclic) bond motifs is 1. The molecule has 7 heteroatoms. The molecule has 1 saturated carbocycles. The maximum absolute atomic E-state index is 12.2. The summed E-state index contributed by atoms with van der Waals surface area (Å²) >= 11 is 0. The van der Waals surface area contributed by atoms with Gasteiger partial charge in [-0.2, -0.15) is 4.98 Å². The van der Waals surface area contributed by atoms with Crippen molar-refractivity contribution in [3.05, 3.63) is 24.3 Å². The Bertz CT molecular complexity index is 842. The van der Waals surface area contributed by atoms with Gasteiger partial charge < -0.3 is 20.3 Å². The monoisotopic (exact) mass is 397 g/mol. The highest BCUT2D eigenvalue weighted by molar-refractivity contribution is 5.90. The molecule has 1 atom stereocenters. The number of hydrogen-bond acceptors (Lipinski definition) is 6. The van der Waals surface area contributed by atoms with Gasteiger partial charge in [-0.05, 0) is 50.2 Å². The average Bonchev–Trinajstić information content (AvgIpc) is 3.27. The van der Waals surface area contributed by atoms with Crippen LogP contribution in [0.15, 0.2) is 24.3 Å². The molecule has 2 aliphatic rings. The van der Waals surface area contributed by atoms with Crippen LogP contribution in [-0.4, -0.2) is 55.8 Å². The number of carbonyl (C=O) groups excluding carboxylic acids is 1. The molecule has 0 radical (unpaired) electrons. The van der Waals surface area contributed by atoms with E-state index in [1.54, 1.807) is 0 Å². The number of anilines is 2. The Labute approximate surface area is 172 Å². The Kier molecular flexibility index (Phi) is 6.13. The van der Waals surface area contributed by atoms with Crippen LogP contribution in [0.4, 0.5) is 11.8 Å². The number of nitrogens with zero attached hydrogens (tertiary/aromatic N) is 3. The lowest BCUT2D eigenvalue weighted by Crippen LogP contribution is -2.37. The summed E-state index contributed by atoms with van der Waals surface area (Å²) < 4.78 is 5.31. The fourth-order valence-corrected chi connectivity index (χ4v) is 4.29. The van der Waals surface area contributed by atoms with Gasteiger partial charge in [0.15, 0.2) is 0 Å².